The molecule has 0 aromatic heterocycles. The molecule has 120 valence electrons. The Balaban J connectivity index is 0.00000242. The van der Waals surface area contributed by atoms with Crippen molar-refractivity contribution < 1.29 is 55.5 Å². The van der Waals surface area contributed by atoms with Crippen molar-refractivity contribution in [2.75, 3.05) is 0 Å². The molecule has 0 saturated carbocycles. The first-order valence-corrected chi connectivity index (χ1v) is 6.80. The van der Waals surface area contributed by atoms with Gasteiger partial charge in [-0.3, -0.25) is 0 Å². The van der Waals surface area contributed by atoms with Gasteiger partial charge in [-0.05, 0) is 54.7 Å². The van der Waals surface area contributed by atoms with E-state index < -0.39 is 0 Å². The Morgan fingerprint density at radius 3 is 1.39 bits per heavy atom. The molecule has 2 rings (SSSR count). The Labute approximate surface area is 157 Å². The Morgan fingerprint density at radius 1 is 0.739 bits per heavy atom. The second kappa shape index (κ2) is 9.27. The van der Waals surface area contributed by atoms with Gasteiger partial charge in [0.15, 0.2) is 0 Å². The van der Waals surface area contributed by atoms with Crippen LogP contribution >= 0.6 is 0 Å². The third-order valence-corrected chi connectivity index (χ3v) is 3.63. The van der Waals surface area contributed by atoms with Crippen LogP contribution < -0.4 is 29.6 Å². The van der Waals surface area contributed by atoms with Crippen LogP contribution in [0.4, 0.5) is 0 Å². The maximum absolute atomic E-state index is 9.82. The average Bonchev–Trinajstić information content (AvgIpc) is 2.46. The van der Waals surface area contributed by atoms with Gasteiger partial charge < -0.3 is 25.9 Å². The predicted octanol–water partition coefficient (Wildman–Crippen LogP) is -0.883. The van der Waals surface area contributed by atoms with E-state index in [1.807, 2.05) is 12.1 Å². The number of benzene rings is 2. The fraction of sp³-hybridized carbons (Fsp3) is 0.294. The van der Waals surface area contributed by atoms with E-state index in [2.05, 4.69) is 0 Å². The van der Waals surface area contributed by atoms with E-state index in [9.17, 15) is 20.4 Å². The summed E-state index contributed by atoms with van der Waals surface area (Å²) in [5.74, 6) is 0.248. The molecular formula is C17H21NaO5. The van der Waals surface area contributed by atoms with E-state index in [0.717, 1.165) is 22.3 Å². The Hall–Kier alpha value is -1.08. The number of hydrogen-bond acceptors (Lipinski definition) is 5. The Bertz CT molecular complexity index is 613. The maximum Gasteiger partial charge on any atom is 1.00 e. The molecule has 0 atom stereocenters. The molecule has 0 heterocycles. The van der Waals surface area contributed by atoms with Gasteiger partial charge in [-0.25, -0.2) is 0 Å². The van der Waals surface area contributed by atoms with Crippen LogP contribution in [-0.4, -0.2) is 25.9 Å². The second-order valence-electron chi connectivity index (χ2n) is 5.33. The molecule has 0 fully saturated rings. The zero-order valence-corrected chi connectivity index (χ0v) is 15.7. The summed E-state index contributed by atoms with van der Waals surface area (Å²) in [6.07, 6.45) is 0.599. The van der Waals surface area contributed by atoms with Gasteiger partial charge in [0.25, 0.3) is 0 Å². The largest absolute Gasteiger partial charge is 1.00 e. The first kappa shape index (κ1) is 21.9. The third kappa shape index (κ3) is 4.94. The molecule has 0 unspecified atom stereocenters. The van der Waals surface area contributed by atoms with Gasteiger partial charge in [0.2, 0.25) is 0 Å². The molecular weight excluding hydrogens is 307 g/mol. The van der Waals surface area contributed by atoms with E-state index in [0.29, 0.717) is 17.5 Å². The molecule has 0 saturated heterocycles. The van der Waals surface area contributed by atoms with Crippen molar-refractivity contribution >= 4 is 0 Å². The Kier molecular flexibility index (Phi) is 8.84. The van der Waals surface area contributed by atoms with Crippen LogP contribution in [0.25, 0.3) is 0 Å². The molecule has 0 amide bonds. The Morgan fingerprint density at radius 2 is 1.09 bits per heavy atom. The van der Waals surface area contributed by atoms with Gasteiger partial charge in [0.05, 0.1) is 13.2 Å². The zero-order chi connectivity index (χ0) is 15.6. The van der Waals surface area contributed by atoms with Crippen molar-refractivity contribution in [3.63, 3.8) is 0 Å². The van der Waals surface area contributed by atoms with Crippen molar-refractivity contribution in [2.24, 2.45) is 0 Å². The second-order valence-corrected chi connectivity index (χ2v) is 5.33. The standard InChI is InChI=1S/C17H20O4.Na.H2O/c1-10-3-12(6-14(8-18)16(10)20)5-13-4-11(2)17(21)15(7-13)9-19;;/h3-4,6-7,18-21H,5,8-9H2,1-2H3;;1H2/q;+1;/p-1. The number of aliphatic hydroxyl groups excluding tert-OH is 2. The number of aliphatic hydroxyl groups is 2. The summed E-state index contributed by atoms with van der Waals surface area (Å²) in [5, 5.41) is 38.2. The summed E-state index contributed by atoms with van der Waals surface area (Å²) in [7, 11) is 0. The number of hydrogen-bond donors (Lipinski definition) is 4. The number of aryl methyl sites for hydroxylation is 2. The molecule has 5 nitrogen and oxygen atoms in total. The van der Waals surface area contributed by atoms with Gasteiger partial charge >= 0.3 is 29.6 Å². The SMILES string of the molecule is Cc1cc(Cc2cc(C)c(O)c(CO)c2)cc(CO)c1O.[Na+].[OH-]. The summed E-state index contributed by atoms with van der Waals surface area (Å²) in [4.78, 5) is 0. The van der Waals surface area contributed by atoms with E-state index in [1.165, 1.54) is 0 Å². The minimum atomic E-state index is -0.211. The number of rotatable bonds is 4. The molecule has 2 aromatic carbocycles. The normalized spacial score (nSPS) is 9.91. The minimum absolute atomic E-state index is 0. The van der Waals surface area contributed by atoms with Gasteiger partial charge in [-0.1, -0.05) is 12.1 Å². The molecule has 0 aliphatic rings. The molecule has 2 aromatic rings. The van der Waals surface area contributed by atoms with E-state index in [4.69, 9.17) is 0 Å². The minimum Gasteiger partial charge on any atom is -0.870 e. The quantitative estimate of drug-likeness (QED) is 0.545. The first-order chi connectivity index (χ1) is 9.96. The molecule has 0 spiro atoms. The van der Waals surface area contributed by atoms with Gasteiger partial charge in [-0.2, -0.15) is 0 Å². The van der Waals surface area contributed by atoms with Crippen LogP contribution in [0.15, 0.2) is 24.3 Å². The molecule has 0 bridgehead atoms. The number of aromatic hydroxyl groups is 2. The van der Waals surface area contributed by atoms with Crippen molar-refractivity contribution in [1.29, 1.82) is 0 Å². The van der Waals surface area contributed by atoms with Gasteiger partial charge in [0, 0.05) is 11.1 Å². The van der Waals surface area contributed by atoms with E-state index >= 15 is 0 Å². The topological polar surface area (TPSA) is 111 Å². The maximum atomic E-state index is 9.82. The van der Waals surface area contributed by atoms with Crippen molar-refractivity contribution in [3.8, 4) is 11.5 Å². The van der Waals surface area contributed by atoms with Crippen LogP contribution in [-0.2, 0) is 19.6 Å². The van der Waals surface area contributed by atoms with Crippen LogP contribution in [0.5, 0.6) is 11.5 Å². The van der Waals surface area contributed by atoms with E-state index in [-0.39, 0.29) is 59.7 Å². The fourth-order valence-electron chi connectivity index (χ4n) is 2.55. The summed E-state index contributed by atoms with van der Waals surface area (Å²) in [6, 6.07) is 7.27. The van der Waals surface area contributed by atoms with Crippen molar-refractivity contribution in [1.82, 2.24) is 0 Å². The summed E-state index contributed by atoms with van der Waals surface area (Å²) in [5.41, 5.74) is 4.36. The van der Waals surface area contributed by atoms with E-state index in [1.54, 1.807) is 26.0 Å². The third-order valence-electron chi connectivity index (χ3n) is 3.63. The van der Waals surface area contributed by atoms with Crippen LogP contribution in [0, 0.1) is 13.8 Å². The summed E-state index contributed by atoms with van der Waals surface area (Å²) in [6.45, 7) is 3.16. The molecule has 23 heavy (non-hydrogen) atoms. The van der Waals surface area contributed by atoms with Crippen LogP contribution in [0.3, 0.4) is 0 Å². The molecule has 5 N–H and O–H groups in total. The van der Waals surface area contributed by atoms with Crippen molar-refractivity contribution in [2.45, 2.75) is 33.5 Å². The monoisotopic (exact) mass is 328 g/mol. The molecule has 0 radical (unpaired) electrons. The van der Waals surface area contributed by atoms with Gasteiger partial charge in [0.1, 0.15) is 11.5 Å². The smallest absolute Gasteiger partial charge is 0.870 e. The van der Waals surface area contributed by atoms with Crippen LogP contribution in [0.1, 0.15) is 33.4 Å². The summed E-state index contributed by atoms with van der Waals surface area (Å²) < 4.78 is 0. The van der Waals surface area contributed by atoms with Crippen LogP contribution in [0.2, 0.25) is 0 Å². The predicted molar refractivity (Wildman–Crippen MR) is 82.3 cm³/mol. The number of phenols is 2. The zero-order valence-electron chi connectivity index (χ0n) is 13.7. The molecule has 6 heteroatoms. The first-order valence-electron chi connectivity index (χ1n) is 6.80. The average molecular weight is 328 g/mol. The molecule has 0 aliphatic carbocycles. The summed E-state index contributed by atoms with van der Waals surface area (Å²) >= 11 is 0. The molecule has 0 aliphatic heterocycles. The van der Waals surface area contributed by atoms with Crippen molar-refractivity contribution in [3.05, 3.63) is 57.6 Å². The van der Waals surface area contributed by atoms with Gasteiger partial charge in [-0.15, -0.1) is 0 Å². The fourth-order valence-corrected chi connectivity index (χ4v) is 2.55.